The first-order valence-corrected chi connectivity index (χ1v) is 9.20. The van der Waals surface area contributed by atoms with Crippen molar-refractivity contribution in [2.75, 3.05) is 18.9 Å². The SMILES string of the molecule is Cc1ccc(NC(=O)CN(C)C(=O)c2ccccc2-c2ccccc2C#N)cc1. The number of rotatable bonds is 5. The molecular weight excluding hydrogens is 362 g/mol. The van der Waals surface area contributed by atoms with Crippen molar-refractivity contribution in [1.29, 1.82) is 5.26 Å². The van der Waals surface area contributed by atoms with E-state index in [4.69, 9.17) is 0 Å². The van der Waals surface area contributed by atoms with Gasteiger partial charge in [0.15, 0.2) is 0 Å². The molecule has 0 spiro atoms. The molecule has 29 heavy (non-hydrogen) atoms. The third-order valence-electron chi connectivity index (χ3n) is 4.56. The quantitative estimate of drug-likeness (QED) is 0.716. The Hall–Kier alpha value is -3.91. The summed E-state index contributed by atoms with van der Waals surface area (Å²) in [6.45, 7) is 1.89. The van der Waals surface area contributed by atoms with E-state index in [0.717, 1.165) is 5.56 Å². The van der Waals surface area contributed by atoms with Gasteiger partial charge in [0.25, 0.3) is 5.91 Å². The van der Waals surface area contributed by atoms with Gasteiger partial charge in [-0.15, -0.1) is 0 Å². The molecule has 0 atom stereocenters. The van der Waals surface area contributed by atoms with Gasteiger partial charge in [-0.3, -0.25) is 9.59 Å². The van der Waals surface area contributed by atoms with E-state index in [1.54, 1.807) is 31.3 Å². The lowest BCUT2D eigenvalue weighted by Crippen LogP contribution is -2.35. The van der Waals surface area contributed by atoms with Gasteiger partial charge in [0, 0.05) is 23.9 Å². The molecule has 144 valence electrons. The van der Waals surface area contributed by atoms with Crippen molar-refractivity contribution in [1.82, 2.24) is 4.90 Å². The highest BCUT2D eigenvalue weighted by atomic mass is 16.2. The molecule has 0 aliphatic rings. The molecule has 3 rings (SSSR count). The van der Waals surface area contributed by atoms with E-state index in [-0.39, 0.29) is 18.4 Å². The van der Waals surface area contributed by atoms with Gasteiger partial charge in [-0.05, 0) is 36.8 Å². The lowest BCUT2D eigenvalue weighted by Gasteiger charge is -2.19. The Labute approximate surface area is 170 Å². The highest BCUT2D eigenvalue weighted by molar-refractivity contribution is 6.03. The molecule has 0 radical (unpaired) electrons. The molecule has 0 saturated heterocycles. The van der Waals surface area contributed by atoms with Crippen LogP contribution in [0.5, 0.6) is 0 Å². The van der Waals surface area contributed by atoms with Crippen molar-refractivity contribution >= 4 is 17.5 Å². The van der Waals surface area contributed by atoms with E-state index in [9.17, 15) is 14.9 Å². The van der Waals surface area contributed by atoms with Crippen LogP contribution in [-0.2, 0) is 4.79 Å². The maximum absolute atomic E-state index is 13.0. The highest BCUT2D eigenvalue weighted by Crippen LogP contribution is 2.27. The Morgan fingerprint density at radius 3 is 2.24 bits per heavy atom. The molecule has 0 unspecified atom stereocenters. The number of carbonyl (C=O) groups excluding carboxylic acids is 2. The van der Waals surface area contributed by atoms with Crippen molar-refractivity contribution < 1.29 is 9.59 Å². The molecule has 5 nitrogen and oxygen atoms in total. The van der Waals surface area contributed by atoms with E-state index in [2.05, 4.69) is 11.4 Å². The van der Waals surface area contributed by atoms with Gasteiger partial charge in [0.2, 0.25) is 5.91 Å². The first-order valence-electron chi connectivity index (χ1n) is 9.20. The molecule has 0 aliphatic heterocycles. The van der Waals surface area contributed by atoms with E-state index < -0.39 is 0 Å². The summed E-state index contributed by atoms with van der Waals surface area (Å²) in [5.74, 6) is -0.563. The van der Waals surface area contributed by atoms with Crippen molar-refractivity contribution in [3.63, 3.8) is 0 Å². The number of hydrogen-bond acceptors (Lipinski definition) is 3. The second kappa shape index (κ2) is 8.85. The minimum Gasteiger partial charge on any atom is -0.332 e. The third kappa shape index (κ3) is 4.69. The van der Waals surface area contributed by atoms with Gasteiger partial charge < -0.3 is 10.2 Å². The highest BCUT2D eigenvalue weighted by Gasteiger charge is 2.19. The summed E-state index contributed by atoms with van der Waals surface area (Å²) in [5, 5.41) is 12.2. The van der Waals surface area contributed by atoms with Gasteiger partial charge in [-0.1, -0.05) is 54.1 Å². The Morgan fingerprint density at radius 2 is 1.55 bits per heavy atom. The van der Waals surface area contributed by atoms with Gasteiger partial charge >= 0.3 is 0 Å². The molecule has 0 aliphatic carbocycles. The van der Waals surface area contributed by atoms with E-state index in [1.807, 2.05) is 55.5 Å². The van der Waals surface area contributed by atoms with Crippen molar-refractivity contribution in [2.45, 2.75) is 6.92 Å². The van der Waals surface area contributed by atoms with Crippen molar-refractivity contribution in [3.05, 3.63) is 89.5 Å². The molecule has 0 saturated carbocycles. The lowest BCUT2D eigenvalue weighted by atomic mass is 9.95. The molecule has 3 aromatic rings. The van der Waals surface area contributed by atoms with Crippen LogP contribution in [0.2, 0.25) is 0 Å². The fourth-order valence-electron chi connectivity index (χ4n) is 3.05. The minimum absolute atomic E-state index is 0.0824. The number of anilines is 1. The summed E-state index contributed by atoms with van der Waals surface area (Å²) in [6.07, 6.45) is 0. The first kappa shape index (κ1) is 19.8. The second-order valence-electron chi connectivity index (χ2n) is 6.78. The number of hydrogen-bond donors (Lipinski definition) is 1. The summed E-state index contributed by atoms with van der Waals surface area (Å²) in [5.41, 5.74) is 4.08. The van der Waals surface area contributed by atoms with Crippen LogP contribution in [0.3, 0.4) is 0 Å². The van der Waals surface area contributed by atoms with Crippen LogP contribution in [-0.4, -0.2) is 30.3 Å². The largest absolute Gasteiger partial charge is 0.332 e. The zero-order valence-corrected chi connectivity index (χ0v) is 16.3. The second-order valence-corrected chi connectivity index (χ2v) is 6.78. The van der Waals surface area contributed by atoms with Gasteiger partial charge in [0.05, 0.1) is 18.2 Å². The minimum atomic E-state index is -0.285. The number of nitrogens with zero attached hydrogens (tertiary/aromatic N) is 2. The normalized spacial score (nSPS) is 10.1. The standard InChI is InChI=1S/C24H21N3O2/c1-17-11-13-19(14-12-17)26-23(28)16-27(2)24(29)22-10-6-5-9-21(22)20-8-4-3-7-18(20)15-25/h3-14H,16H2,1-2H3,(H,26,28). The Bertz CT molecular complexity index is 1080. The van der Waals surface area contributed by atoms with Crippen LogP contribution in [0.15, 0.2) is 72.8 Å². The average molecular weight is 383 g/mol. The van der Waals surface area contributed by atoms with Gasteiger partial charge in [-0.25, -0.2) is 0 Å². The van der Waals surface area contributed by atoms with Crippen molar-refractivity contribution in [3.8, 4) is 17.2 Å². The summed E-state index contributed by atoms with van der Waals surface area (Å²) < 4.78 is 0. The molecule has 0 heterocycles. The number of carbonyl (C=O) groups is 2. The number of nitriles is 1. The molecule has 1 N–H and O–H groups in total. The molecule has 0 aromatic heterocycles. The zero-order valence-electron chi connectivity index (χ0n) is 16.3. The predicted molar refractivity (Wildman–Crippen MR) is 113 cm³/mol. The number of aryl methyl sites for hydroxylation is 1. The summed E-state index contributed by atoms with van der Waals surface area (Å²) in [7, 11) is 1.59. The van der Waals surface area contributed by atoms with Crippen LogP contribution in [0.25, 0.3) is 11.1 Å². The molecule has 0 fully saturated rings. The predicted octanol–water partition coefficient (Wildman–Crippen LogP) is 4.24. The van der Waals surface area contributed by atoms with Crippen molar-refractivity contribution in [2.24, 2.45) is 0 Å². The fourth-order valence-corrected chi connectivity index (χ4v) is 3.05. The van der Waals surface area contributed by atoms with Crippen LogP contribution in [0.4, 0.5) is 5.69 Å². The molecule has 5 heteroatoms. The molecule has 3 aromatic carbocycles. The van der Waals surface area contributed by atoms with E-state index >= 15 is 0 Å². The Balaban J connectivity index is 1.79. The maximum atomic E-state index is 13.0. The Morgan fingerprint density at radius 1 is 0.931 bits per heavy atom. The number of amides is 2. The summed E-state index contributed by atoms with van der Waals surface area (Å²) >= 11 is 0. The first-order chi connectivity index (χ1) is 14.0. The van der Waals surface area contributed by atoms with Gasteiger partial charge in [-0.2, -0.15) is 5.26 Å². The van der Waals surface area contributed by atoms with Crippen LogP contribution in [0.1, 0.15) is 21.5 Å². The molecular formula is C24H21N3O2. The smallest absolute Gasteiger partial charge is 0.254 e. The zero-order chi connectivity index (χ0) is 20.8. The Kier molecular flexibility index (Phi) is 6.06. The molecule has 0 bridgehead atoms. The number of benzene rings is 3. The monoisotopic (exact) mass is 383 g/mol. The maximum Gasteiger partial charge on any atom is 0.254 e. The lowest BCUT2D eigenvalue weighted by molar-refractivity contribution is -0.116. The van der Waals surface area contributed by atoms with E-state index in [1.165, 1.54) is 4.90 Å². The van der Waals surface area contributed by atoms with Crippen LogP contribution in [0, 0.1) is 18.3 Å². The van der Waals surface area contributed by atoms with Gasteiger partial charge in [0.1, 0.15) is 0 Å². The van der Waals surface area contributed by atoms with Crippen LogP contribution < -0.4 is 5.32 Å². The summed E-state index contributed by atoms with van der Waals surface area (Å²) in [4.78, 5) is 26.8. The third-order valence-corrected chi connectivity index (χ3v) is 4.56. The van der Waals surface area contributed by atoms with E-state index in [0.29, 0.717) is 27.9 Å². The average Bonchev–Trinajstić information content (AvgIpc) is 2.74. The summed E-state index contributed by atoms with van der Waals surface area (Å²) in [6, 6.07) is 23.9. The fraction of sp³-hybridized carbons (Fsp3) is 0.125. The number of likely N-dealkylation sites (N-methyl/N-ethyl adjacent to an activating group) is 1. The number of nitrogens with one attached hydrogen (secondary N) is 1. The molecule has 2 amide bonds. The topological polar surface area (TPSA) is 73.2 Å². The van der Waals surface area contributed by atoms with Crippen LogP contribution >= 0.6 is 0 Å².